The van der Waals surface area contributed by atoms with Gasteiger partial charge in [-0.3, -0.25) is 4.79 Å². The molecule has 1 aliphatic rings. The Balaban J connectivity index is 1.82. The minimum atomic E-state index is -2.31. The molecule has 6 nitrogen and oxygen atoms in total. The van der Waals surface area contributed by atoms with Gasteiger partial charge >= 0.3 is 8.56 Å². The molecule has 0 bridgehead atoms. The van der Waals surface area contributed by atoms with E-state index in [0.717, 1.165) is 23.6 Å². The molecule has 0 saturated carbocycles. The predicted molar refractivity (Wildman–Crippen MR) is 118 cm³/mol. The van der Waals surface area contributed by atoms with Crippen LogP contribution in [0.5, 0.6) is 0 Å². The molecule has 1 heterocycles. The van der Waals surface area contributed by atoms with Crippen molar-refractivity contribution < 1.29 is 21.3 Å². The molecule has 1 amide bonds. The molecule has 27 heavy (non-hydrogen) atoms. The maximum Gasteiger partial charge on any atom is 0.317 e. The number of rotatable bonds is 6. The molecule has 150 valence electrons. The van der Waals surface area contributed by atoms with E-state index in [1.807, 2.05) is 50.8 Å². The van der Waals surface area contributed by atoms with Crippen molar-refractivity contribution >= 4 is 47.9 Å². The van der Waals surface area contributed by atoms with E-state index in [2.05, 4.69) is 18.4 Å². The third-order valence-corrected chi connectivity index (χ3v) is 18.4. The second kappa shape index (κ2) is 10.1. The van der Waals surface area contributed by atoms with E-state index in [0.29, 0.717) is 12.1 Å². The van der Waals surface area contributed by atoms with Crippen LogP contribution in [0.15, 0.2) is 30.8 Å². The van der Waals surface area contributed by atoms with Gasteiger partial charge in [-0.05, 0) is 63.3 Å². The van der Waals surface area contributed by atoms with Crippen LogP contribution in [0.2, 0.25) is 32.2 Å². The van der Waals surface area contributed by atoms with Gasteiger partial charge in [-0.2, -0.15) is 0 Å². The third kappa shape index (κ3) is 7.23. The lowest BCUT2D eigenvalue weighted by molar-refractivity contribution is 0.0953. The van der Waals surface area contributed by atoms with E-state index in [9.17, 15) is 4.79 Å². The summed E-state index contributed by atoms with van der Waals surface area (Å²) in [6.45, 7) is 14.6. The topological polar surface area (TPSA) is 66.0 Å². The van der Waals surface area contributed by atoms with E-state index in [1.54, 1.807) is 0 Å². The van der Waals surface area contributed by atoms with Crippen molar-refractivity contribution in [1.29, 1.82) is 0 Å². The number of allylic oxidation sites excluding steroid dienone is 1. The zero-order valence-corrected chi connectivity index (χ0v) is 21.4. The van der Waals surface area contributed by atoms with Crippen molar-refractivity contribution in [3.63, 3.8) is 0 Å². The average molecular weight is 442 g/mol. The highest BCUT2D eigenvalue weighted by Gasteiger charge is 2.38. The van der Waals surface area contributed by atoms with Crippen LogP contribution >= 0.6 is 0 Å². The van der Waals surface area contributed by atoms with Crippen molar-refractivity contribution in [2.24, 2.45) is 0 Å². The van der Waals surface area contributed by atoms with Gasteiger partial charge in [0.15, 0.2) is 0 Å². The normalized spacial score (nSPS) is 28.9. The highest BCUT2D eigenvalue weighted by Crippen LogP contribution is 2.21. The lowest BCUT2D eigenvalue weighted by Gasteiger charge is -2.37. The molecule has 2 unspecified atom stereocenters. The lowest BCUT2D eigenvalue weighted by Crippen LogP contribution is -2.53. The van der Waals surface area contributed by atoms with Crippen molar-refractivity contribution in [2.75, 3.05) is 6.54 Å². The van der Waals surface area contributed by atoms with Crippen LogP contribution < -0.4 is 5.32 Å². The van der Waals surface area contributed by atoms with Crippen LogP contribution in [0.25, 0.3) is 5.57 Å². The fourth-order valence-electron chi connectivity index (χ4n) is 3.09. The molecule has 2 rings (SSSR count). The largest absolute Gasteiger partial charge is 0.420 e. The van der Waals surface area contributed by atoms with Gasteiger partial charge in [0.1, 0.15) is 0 Å². The first-order chi connectivity index (χ1) is 12.7. The quantitative estimate of drug-likeness (QED) is 0.543. The van der Waals surface area contributed by atoms with Crippen molar-refractivity contribution in [3.8, 4) is 0 Å². The number of nitrogens with one attached hydrogen (secondary N) is 1. The summed E-state index contributed by atoms with van der Waals surface area (Å²) in [7, 11) is -7.33. The van der Waals surface area contributed by atoms with Gasteiger partial charge in [0.25, 0.3) is 33.8 Å². The molecule has 1 aromatic rings. The van der Waals surface area contributed by atoms with Gasteiger partial charge in [0, 0.05) is 12.1 Å². The van der Waals surface area contributed by atoms with Crippen molar-refractivity contribution in [2.45, 2.75) is 45.6 Å². The molecule has 1 saturated heterocycles. The Bertz CT molecular complexity index is 643. The molecule has 0 spiro atoms. The van der Waals surface area contributed by atoms with E-state index in [-0.39, 0.29) is 5.91 Å². The van der Waals surface area contributed by atoms with E-state index in [1.165, 1.54) is 0 Å². The molecule has 1 N–H and O–H groups in total. The molecular formula is C17H31NO5Si4. The summed E-state index contributed by atoms with van der Waals surface area (Å²) in [5, 5.41) is 2.98. The van der Waals surface area contributed by atoms with Crippen LogP contribution in [-0.2, 0) is 16.5 Å². The number of benzene rings is 1. The highest BCUT2D eigenvalue weighted by atomic mass is 28.5. The fraction of sp³-hybridized carbons (Fsp3) is 0.471. The first-order valence-corrected chi connectivity index (χ1v) is 18.2. The summed E-state index contributed by atoms with van der Waals surface area (Å²) in [5.41, 5.74) is 2.69. The summed E-state index contributed by atoms with van der Waals surface area (Å²) in [6, 6.07) is 8.32. The fourth-order valence-corrected chi connectivity index (χ4v) is 17.8. The van der Waals surface area contributed by atoms with Crippen LogP contribution in [0.3, 0.4) is 0 Å². The van der Waals surface area contributed by atoms with Crippen LogP contribution in [0, 0.1) is 0 Å². The Labute approximate surface area is 168 Å². The first kappa shape index (κ1) is 22.4. The summed E-state index contributed by atoms with van der Waals surface area (Å²) in [4.78, 5) is 12.3. The van der Waals surface area contributed by atoms with Gasteiger partial charge in [0.05, 0.1) is 0 Å². The van der Waals surface area contributed by atoms with Crippen LogP contribution in [0.1, 0.15) is 29.3 Å². The standard InChI is InChI=1S/C17H31NO5Si4/c1-14(2)15-8-10-16(11-9-15)17(19)18-12-7-13-27(6)22-25(4)20-24(3)21-26(5)23-27/h8-11,24-26H,1,7,12-13H2,2-6H3,(H,18,19). The molecule has 0 aliphatic carbocycles. The van der Waals surface area contributed by atoms with E-state index < -0.39 is 36.4 Å². The second-order valence-electron chi connectivity index (χ2n) is 7.06. The van der Waals surface area contributed by atoms with Crippen molar-refractivity contribution in [3.05, 3.63) is 42.0 Å². The SMILES string of the molecule is C=C(C)c1ccc(C(=O)NCCC[Si]2(C)O[SiH](C)O[SiH](C)O[SiH](C)O2)cc1. The maximum atomic E-state index is 12.3. The van der Waals surface area contributed by atoms with Gasteiger partial charge in [0.2, 0.25) is 0 Å². The summed E-state index contributed by atoms with van der Waals surface area (Å²) >= 11 is 0. The van der Waals surface area contributed by atoms with Crippen LogP contribution in [0.4, 0.5) is 0 Å². The minimum Gasteiger partial charge on any atom is -0.420 e. The molecule has 1 aliphatic heterocycles. The Morgan fingerprint density at radius 2 is 1.56 bits per heavy atom. The Hall–Kier alpha value is -0.862. The zero-order chi connectivity index (χ0) is 20.0. The van der Waals surface area contributed by atoms with E-state index >= 15 is 0 Å². The molecular weight excluding hydrogens is 411 g/mol. The van der Waals surface area contributed by atoms with Crippen LogP contribution in [-0.4, -0.2) is 48.9 Å². The summed E-state index contributed by atoms with van der Waals surface area (Å²) in [5.74, 6) is -0.0634. The minimum absolute atomic E-state index is 0.0634. The van der Waals surface area contributed by atoms with Gasteiger partial charge < -0.3 is 21.8 Å². The van der Waals surface area contributed by atoms with Crippen molar-refractivity contribution in [1.82, 2.24) is 5.32 Å². The lowest BCUT2D eigenvalue weighted by atomic mass is 10.1. The number of carbonyl (C=O) groups is 1. The monoisotopic (exact) mass is 441 g/mol. The third-order valence-electron chi connectivity index (χ3n) is 4.33. The number of carbonyl (C=O) groups excluding carboxylic acids is 1. The second-order valence-corrected chi connectivity index (χ2v) is 17.3. The number of amides is 1. The van der Waals surface area contributed by atoms with Gasteiger partial charge in [-0.1, -0.05) is 24.3 Å². The van der Waals surface area contributed by atoms with Gasteiger partial charge in [-0.15, -0.1) is 0 Å². The highest BCUT2D eigenvalue weighted by molar-refractivity contribution is 6.81. The van der Waals surface area contributed by atoms with Gasteiger partial charge in [-0.25, -0.2) is 0 Å². The zero-order valence-electron chi connectivity index (χ0n) is 16.9. The average Bonchev–Trinajstić information content (AvgIpc) is 2.56. The molecule has 0 aromatic heterocycles. The smallest absolute Gasteiger partial charge is 0.317 e. The molecule has 1 aromatic carbocycles. The Kier molecular flexibility index (Phi) is 8.36. The Morgan fingerprint density at radius 3 is 2.07 bits per heavy atom. The predicted octanol–water partition coefficient (Wildman–Crippen LogP) is 2.54. The first-order valence-electron chi connectivity index (χ1n) is 9.39. The number of hydrogen-bond donors (Lipinski definition) is 1. The summed E-state index contributed by atoms with van der Waals surface area (Å²) < 4.78 is 24.4. The molecule has 0 radical (unpaired) electrons. The molecule has 10 heteroatoms. The number of hydrogen-bond acceptors (Lipinski definition) is 5. The summed E-state index contributed by atoms with van der Waals surface area (Å²) in [6.07, 6.45) is 0.813. The van der Waals surface area contributed by atoms with E-state index in [4.69, 9.17) is 16.5 Å². The Morgan fingerprint density at radius 1 is 1.04 bits per heavy atom. The molecule has 2 atom stereocenters. The molecule has 1 fully saturated rings. The maximum absolute atomic E-state index is 12.3.